The van der Waals surface area contributed by atoms with Crippen molar-refractivity contribution in [3.63, 3.8) is 0 Å². The van der Waals surface area contributed by atoms with Crippen LogP contribution in [-0.2, 0) is 11.3 Å². The van der Waals surface area contributed by atoms with Crippen molar-refractivity contribution in [2.75, 3.05) is 19.0 Å². The van der Waals surface area contributed by atoms with E-state index in [-0.39, 0.29) is 6.04 Å². The first-order valence-corrected chi connectivity index (χ1v) is 9.18. The summed E-state index contributed by atoms with van der Waals surface area (Å²) in [5.41, 5.74) is 3.10. The molecule has 0 saturated heterocycles. The number of rotatable bonds is 7. The summed E-state index contributed by atoms with van der Waals surface area (Å²) in [5.74, 6) is 0.998. The molecule has 1 unspecified atom stereocenters. The molecule has 4 heterocycles. The number of imidazole rings is 1. The van der Waals surface area contributed by atoms with Crippen LogP contribution in [0.5, 0.6) is 0 Å². The Morgan fingerprint density at radius 3 is 2.83 bits per heavy atom. The quantitative estimate of drug-likeness (QED) is 0.493. The average molecular weight is 401 g/mol. The highest BCUT2D eigenvalue weighted by molar-refractivity contribution is 5.93. The van der Waals surface area contributed by atoms with E-state index < -0.39 is 13.0 Å². The molecule has 0 fully saturated rings. The number of methoxy groups -OCH3 is 1. The van der Waals surface area contributed by atoms with Crippen LogP contribution in [0, 0.1) is 6.92 Å². The average Bonchev–Trinajstić information content (AvgIpc) is 3.22. The number of nitrogens with one attached hydrogen (secondary N) is 2. The number of aromatic nitrogens is 6. The van der Waals surface area contributed by atoms with Gasteiger partial charge in [0.1, 0.15) is 17.0 Å². The summed E-state index contributed by atoms with van der Waals surface area (Å²) >= 11 is 0. The molecule has 4 aromatic heterocycles. The zero-order valence-corrected chi connectivity index (χ0v) is 16.3. The minimum absolute atomic E-state index is 0.0642. The lowest BCUT2D eigenvalue weighted by molar-refractivity contribution is 0.127. The van der Waals surface area contributed by atoms with Crippen molar-refractivity contribution < 1.29 is 13.5 Å². The predicted molar refractivity (Wildman–Crippen MR) is 106 cm³/mol. The molecule has 0 aliphatic rings. The minimum atomic E-state index is -2.48. The van der Waals surface area contributed by atoms with Crippen LogP contribution in [0.25, 0.3) is 33.5 Å². The van der Waals surface area contributed by atoms with Gasteiger partial charge in [0.2, 0.25) is 5.95 Å². The number of pyridine rings is 1. The highest BCUT2D eigenvalue weighted by atomic mass is 19.3. The lowest BCUT2D eigenvalue weighted by atomic mass is 10.1. The number of aromatic amines is 1. The van der Waals surface area contributed by atoms with E-state index in [9.17, 15) is 8.78 Å². The van der Waals surface area contributed by atoms with Gasteiger partial charge in [-0.3, -0.25) is 0 Å². The standard InChI is InChI=1S/C19H21F2N7O/c1-10(9-29-3)24-19-23-7-13-12(6-22-17(13)27-19)14-4-5-15-18(26-14)28(8-16(20)21)11(2)25-15/h4-7,10,16H,8-9H2,1-3H3,(H2,22,23,24,27). The summed E-state index contributed by atoms with van der Waals surface area (Å²) in [5, 5.41) is 3.96. The molecule has 8 nitrogen and oxygen atoms in total. The lowest BCUT2D eigenvalue weighted by Gasteiger charge is -2.12. The van der Waals surface area contributed by atoms with Gasteiger partial charge in [0.05, 0.1) is 18.8 Å². The smallest absolute Gasteiger partial charge is 0.256 e. The Balaban J connectivity index is 1.71. The second kappa shape index (κ2) is 7.70. The van der Waals surface area contributed by atoms with Crippen molar-refractivity contribution in [1.29, 1.82) is 0 Å². The van der Waals surface area contributed by atoms with Gasteiger partial charge < -0.3 is 19.6 Å². The van der Waals surface area contributed by atoms with Crippen molar-refractivity contribution in [3.8, 4) is 11.3 Å². The third-order valence-electron chi connectivity index (χ3n) is 4.60. The first-order valence-electron chi connectivity index (χ1n) is 9.18. The molecule has 0 aliphatic heterocycles. The number of ether oxygens (including phenoxy) is 1. The van der Waals surface area contributed by atoms with Crippen LogP contribution in [-0.4, -0.2) is 55.7 Å². The summed E-state index contributed by atoms with van der Waals surface area (Å²) < 4.78 is 32.5. The first-order chi connectivity index (χ1) is 14.0. The number of hydrogen-bond donors (Lipinski definition) is 2. The molecule has 0 spiro atoms. The Bertz CT molecular complexity index is 1150. The largest absolute Gasteiger partial charge is 0.383 e. The van der Waals surface area contributed by atoms with Gasteiger partial charge in [-0.15, -0.1) is 0 Å². The molecule has 0 aliphatic carbocycles. The van der Waals surface area contributed by atoms with E-state index >= 15 is 0 Å². The Kier molecular flexibility index (Phi) is 5.10. The van der Waals surface area contributed by atoms with Gasteiger partial charge in [0.15, 0.2) is 5.65 Å². The summed E-state index contributed by atoms with van der Waals surface area (Å²) in [7, 11) is 1.64. The Hall–Kier alpha value is -3.14. The van der Waals surface area contributed by atoms with E-state index in [1.54, 1.807) is 32.5 Å². The fraction of sp³-hybridized carbons (Fsp3) is 0.368. The third-order valence-corrected chi connectivity index (χ3v) is 4.60. The number of H-pyrrole nitrogens is 1. The van der Waals surface area contributed by atoms with Crippen molar-refractivity contribution in [2.24, 2.45) is 0 Å². The second-order valence-corrected chi connectivity index (χ2v) is 6.86. The molecule has 10 heteroatoms. The van der Waals surface area contributed by atoms with E-state index in [1.807, 2.05) is 13.0 Å². The van der Waals surface area contributed by atoms with Gasteiger partial charge in [0, 0.05) is 36.5 Å². The summed E-state index contributed by atoms with van der Waals surface area (Å²) in [6, 6.07) is 3.67. The lowest BCUT2D eigenvalue weighted by Crippen LogP contribution is -2.22. The van der Waals surface area contributed by atoms with E-state index in [2.05, 4.69) is 30.2 Å². The maximum absolute atomic E-state index is 13.0. The Morgan fingerprint density at radius 2 is 2.07 bits per heavy atom. The molecule has 29 heavy (non-hydrogen) atoms. The predicted octanol–water partition coefficient (Wildman–Crippen LogP) is 3.39. The van der Waals surface area contributed by atoms with Gasteiger partial charge in [-0.1, -0.05) is 0 Å². The molecular formula is C19H21F2N7O. The van der Waals surface area contributed by atoms with Gasteiger partial charge in [-0.25, -0.2) is 23.7 Å². The van der Waals surface area contributed by atoms with Crippen LogP contribution in [0.4, 0.5) is 14.7 Å². The van der Waals surface area contributed by atoms with Gasteiger partial charge in [-0.2, -0.15) is 4.98 Å². The number of halogens is 2. The zero-order valence-electron chi connectivity index (χ0n) is 16.3. The van der Waals surface area contributed by atoms with Crippen LogP contribution in [0.1, 0.15) is 12.7 Å². The first kappa shape index (κ1) is 19.2. The van der Waals surface area contributed by atoms with Crippen molar-refractivity contribution in [2.45, 2.75) is 32.9 Å². The van der Waals surface area contributed by atoms with Crippen LogP contribution >= 0.6 is 0 Å². The van der Waals surface area contributed by atoms with Crippen molar-refractivity contribution in [1.82, 2.24) is 29.5 Å². The van der Waals surface area contributed by atoms with Crippen LogP contribution in [0.15, 0.2) is 24.5 Å². The monoisotopic (exact) mass is 401 g/mol. The minimum Gasteiger partial charge on any atom is -0.383 e. The Labute approximate surface area is 165 Å². The number of nitrogens with zero attached hydrogens (tertiary/aromatic N) is 5. The van der Waals surface area contributed by atoms with E-state index in [4.69, 9.17) is 4.74 Å². The van der Waals surface area contributed by atoms with Crippen LogP contribution in [0.3, 0.4) is 0 Å². The second-order valence-electron chi connectivity index (χ2n) is 6.86. The molecule has 0 radical (unpaired) electrons. The van der Waals surface area contributed by atoms with Crippen LogP contribution in [0.2, 0.25) is 0 Å². The molecule has 1 atom stereocenters. The molecule has 152 valence electrons. The molecule has 0 amide bonds. The van der Waals surface area contributed by atoms with Gasteiger partial charge in [-0.05, 0) is 26.0 Å². The molecular weight excluding hydrogens is 380 g/mol. The SMILES string of the molecule is COCC(C)Nc1ncc2c(-c3ccc4nc(C)n(CC(F)F)c4n3)c[nH]c2n1. The number of fused-ring (bicyclic) bond motifs is 2. The highest BCUT2D eigenvalue weighted by Gasteiger charge is 2.16. The molecule has 4 aromatic rings. The normalized spacial score (nSPS) is 12.9. The number of alkyl halides is 2. The third kappa shape index (κ3) is 3.75. The topological polar surface area (TPSA) is 93.5 Å². The summed E-state index contributed by atoms with van der Waals surface area (Å²) in [4.78, 5) is 20.9. The maximum atomic E-state index is 13.0. The van der Waals surface area contributed by atoms with Gasteiger partial charge >= 0.3 is 0 Å². The van der Waals surface area contributed by atoms with E-state index in [0.29, 0.717) is 40.9 Å². The molecule has 4 rings (SSSR count). The fourth-order valence-corrected chi connectivity index (χ4v) is 3.32. The molecule has 0 aromatic carbocycles. The maximum Gasteiger partial charge on any atom is 0.256 e. The summed E-state index contributed by atoms with van der Waals surface area (Å²) in [6.45, 7) is 3.76. The number of hydrogen-bond acceptors (Lipinski definition) is 6. The summed E-state index contributed by atoms with van der Waals surface area (Å²) in [6.07, 6.45) is 1.02. The van der Waals surface area contributed by atoms with E-state index in [0.717, 1.165) is 10.9 Å². The van der Waals surface area contributed by atoms with E-state index in [1.165, 1.54) is 4.57 Å². The number of aryl methyl sites for hydroxylation is 1. The van der Waals surface area contributed by atoms with Crippen molar-refractivity contribution >= 4 is 28.1 Å². The molecule has 2 N–H and O–H groups in total. The van der Waals surface area contributed by atoms with Crippen molar-refractivity contribution in [3.05, 3.63) is 30.4 Å². The highest BCUT2D eigenvalue weighted by Crippen LogP contribution is 2.28. The zero-order chi connectivity index (χ0) is 20.5. The molecule has 0 saturated carbocycles. The van der Waals surface area contributed by atoms with Crippen LogP contribution < -0.4 is 5.32 Å². The fourth-order valence-electron chi connectivity index (χ4n) is 3.32. The van der Waals surface area contributed by atoms with Gasteiger partial charge in [0.25, 0.3) is 6.43 Å². The molecule has 0 bridgehead atoms. The Morgan fingerprint density at radius 1 is 1.24 bits per heavy atom. The number of anilines is 1.